The minimum Gasteiger partial charge on any atom is -0.337 e. The molecule has 2 N–H and O–H groups in total. The van der Waals surface area contributed by atoms with Crippen LogP contribution < -0.4 is 10.0 Å². The molecule has 2 rings (SSSR count). The van der Waals surface area contributed by atoms with Gasteiger partial charge in [0.05, 0.1) is 4.90 Å². The van der Waals surface area contributed by atoms with E-state index >= 15 is 0 Å². The molecule has 1 aromatic heterocycles. The number of sulfonamides is 1. The molecule has 116 valence electrons. The number of nitrogens with zero attached hydrogens (tertiary/aromatic N) is 1. The van der Waals surface area contributed by atoms with Gasteiger partial charge in [-0.1, -0.05) is 23.8 Å². The zero-order valence-corrected chi connectivity index (χ0v) is 12.9. The van der Waals surface area contributed by atoms with Crippen LogP contribution in [0.1, 0.15) is 11.3 Å². The Morgan fingerprint density at radius 2 is 1.86 bits per heavy atom. The standard InChI is InChI=1S/C15H17N3O3S/c1-12-5-7-14(8-6-12)22(20,21)18-15(19)17-11-9-13-4-2-3-10-16-13/h2-8,10H,9,11H2,1H3,(H2,17,18,19). The lowest BCUT2D eigenvalue weighted by atomic mass is 10.2. The van der Waals surface area contributed by atoms with Crippen LogP contribution in [-0.4, -0.2) is 26.0 Å². The van der Waals surface area contributed by atoms with E-state index in [1.807, 2.05) is 23.8 Å². The first kappa shape index (κ1) is 16.0. The summed E-state index contributed by atoms with van der Waals surface area (Å²) in [5, 5.41) is 2.50. The molecule has 2 amide bonds. The zero-order chi connectivity index (χ0) is 16.0. The van der Waals surface area contributed by atoms with Crippen LogP contribution in [0.5, 0.6) is 0 Å². The lowest BCUT2D eigenvalue weighted by Gasteiger charge is -2.08. The Morgan fingerprint density at radius 1 is 1.14 bits per heavy atom. The number of aromatic nitrogens is 1. The molecule has 0 bridgehead atoms. The van der Waals surface area contributed by atoms with E-state index in [9.17, 15) is 13.2 Å². The van der Waals surface area contributed by atoms with Gasteiger partial charge < -0.3 is 5.32 Å². The van der Waals surface area contributed by atoms with Crippen LogP contribution in [0.25, 0.3) is 0 Å². The number of nitrogens with one attached hydrogen (secondary N) is 2. The zero-order valence-electron chi connectivity index (χ0n) is 12.1. The van der Waals surface area contributed by atoms with Crippen LogP contribution in [0, 0.1) is 6.92 Å². The minimum absolute atomic E-state index is 0.0537. The van der Waals surface area contributed by atoms with Crippen molar-refractivity contribution < 1.29 is 13.2 Å². The molecule has 2 aromatic rings. The number of pyridine rings is 1. The largest absolute Gasteiger partial charge is 0.337 e. The molecule has 22 heavy (non-hydrogen) atoms. The Bertz CT molecular complexity index is 728. The van der Waals surface area contributed by atoms with E-state index in [4.69, 9.17) is 0 Å². The normalized spacial score (nSPS) is 11.0. The first-order chi connectivity index (χ1) is 10.5. The summed E-state index contributed by atoms with van der Waals surface area (Å²) in [6, 6.07) is 11.0. The van der Waals surface area contributed by atoms with Crippen molar-refractivity contribution >= 4 is 16.1 Å². The Balaban J connectivity index is 1.87. The highest BCUT2D eigenvalue weighted by atomic mass is 32.2. The summed E-state index contributed by atoms with van der Waals surface area (Å²) in [5.41, 5.74) is 1.77. The van der Waals surface area contributed by atoms with E-state index in [1.54, 1.807) is 24.4 Å². The third-order valence-corrected chi connectivity index (χ3v) is 4.30. The molecule has 0 fully saturated rings. The lowest BCUT2D eigenvalue weighted by Crippen LogP contribution is -2.40. The van der Waals surface area contributed by atoms with Gasteiger partial charge in [-0.05, 0) is 31.2 Å². The summed E-state index contributed by atoms with van der Waals surface area (Å²) >= 11 is 0. The predicted molar refractivity (Wildman–Crippen MR) is 82.8 cm³/mol. The van der Waals surface area contributed by atoms with Crippen molar-refractivity contribution in [2.45, 2.75) is 18.2 Å². The van der Waals surface area contributed by atoms with Gasteiger partial charge in [-0.3, -0.25) is 4.98 Å². The van der Waals surface area contributed by atoms with Crippen LogP contribution >= 0.6 is 0 Å². The Morgan fingerprint density at radius 3 is 2.50 bits per heavy atom. The molecule has 1 heterocycles. The second-order valence-corrected chi connectivity index (χ2v) is 6.43. The van der Waals surface area contributed by atoms with E-state index < -0.39 is 16.1 Å². The first-order valence-electron chi connectivity index (χ1n) is 6.74. The quantitative estimate of drug-likeness (QED) is 0.876. The molecule has 0 atom stereocenters. The molecule has 0 unspecified atom stereocenters. The number of urea groups is 1. The molecule has 0 aliphatic rings. The minimum atomic E-state index is -3.85. The maximum Gasteiger partial charge on any atom is 0.328 e. The Hall–Kier alpha value is -2.41. The summed E-state index contributed by atoms with van der Waals surface area (Å²) in [5.74, 6) is 0. The van der Waals surface area contributed by atoms with Gasteiger partial charge >= 0.3 is 6.03 Å². The predicted octanol–water partition coefficient (Wildman–Crippen LogP) is 1.62. The molecular formula is C15H17N3O3S. The van der Waals surface area contributed by atoms with Crippen LogP contribution in [-0.2, 0) is 16.4 Å². The van der Waals surface area contributed by atoms with Crippen molar-refractivity contribution in [3.05, 3.63) is 59.9 Å². The van der Waals surface area contributed by atoms with Gasteiger partial charge in [-0.25, -0.2) is 17.9 Å². The van der Waals surface area contributed by atoms with E-state index in [0.717, 1.165) is 11.3 Å². The number of benzene rings is 1. The van der Waals surface area contributed by atoms with Crippen LogP contribution in [0.15, 0.2) is 53.6 Å². The molecule has 0 aliphatic carbocycles. The fraction of sp³-hybridized carbons (Fsp3) is 0.200. The number of rotatable bonds is 5. The fourth-order valence-electron chi connectivity index (χ4n) is 1.78. The van der Waals surface area contributed by atoms with Crippen LogP contribution in [0.4, 0.5) is 4.79 Å². The van der Waals surface area contributed by atoms with E-state index in [-0.39, 0.29) is 4.90 Å². The van der Waals surface area contributed by atoms with E-state index in [0.29, 0.717) is 13.0 Å². The average Bonchev–Trinajstić information content (AvgIpc) is 2.48. The fourth-order valence-corrected chi connectivity index (χ4v) is 2.71. The maximum absolute atomic E-state index is 12.0. The smallest absolute Gasteiger partial charge is 0.328 e. The van der Waals surface area contributed by atoms with Gasteiger partial charge in [0, 0.05) is 24.9 Å². The summed E-state index contributed by atoms with van der Waals surface area (Å²) < 4.78 is 26.0. The summed E-state index contributed by atoms with van der Waals surface area (Å²) in [6.45, 7) is 2.15. The Kier molecular flexibility index (Phi) is 5.11. The highest BCUT2D eigenvalue weighted by Crippen LogP contribution is 2.09. The third kappa shape index (κ3) is 4.56. The molecule has 7 heteroatoms. The molecule has 0 radical (unpaired) electrons. The van der Waals surface area contributed by atoms with Crippen molar-refractivity contribution in [3.63, 3.8) is 0 Å². The lowest BCUT2D eigenvalue weighted by molar-refractivity contribution is 0.246. The van der Waals surface area contributed by atoms with Gasteiger partial charge in [0.25, 0.3) is 10.0 Å². The molecule has 1 aromatic carbocycles. The van der Waals surface area contributed by atoms with Gasteiger partial charge in [-0.15, -0.1) is 0 Å². The van der Waals surface area contributed by atoms with Gasteiger partial charge in [0.2, 0.25) is 0 Å². The maximum atomic E-state index is 12.0. The summed E-state index contributed by atoms with van der Waals surface area (Å²) in [7, 11) is -3.85. The summed E-state index contributed by atoms with van der Waals surface area (Å²) in [6.07, 6.45) is 2.19. The Labute approximate surface area is 129 Å². The number of aryl methyl sites for hydroxylation is 1. The molecule has 6 nitrogen and oxygen atoms in total. The molecule has 0 saturated carbocycles. The monoisotopic (exact) mass is 319 g/mol. The second kappa shape index (κ2) is 7.04. The van der Waals surface area contributed by atoms with Crippen LogP contribution in [0.2, 0.25) is 0 Å². The number of carbonyl (C=O) groups excluding carboxylic acids is 1. The van der Waals surface area contributed by atoms with Crippen molar-refractivity contribution in [1.82, 2.24) is 15.0 Å². The van der Waals surface area contributed by atoms with Crippen LogP contribution in [0.3, 0.4) is 0 Å². The molecule has 0 aliphatic heterocycles. The van der Waals surface area contributed by atoms with E-state index in [2.05, 4.69) is 10.3 Å². The molecule has 0 spiro atoms. The van der Waals surface area contributed by atoms with Gasteiger partial charge in [0.1, 0.15) is 0 Å². The topological polar surface area (TPSA) is 88.2 Å². The average molecular weight is 319 g/mol. The first-order valence-corrected chi connectivity index (χ1v) is 8.23. The van der Waals surface area contributed by atoms with Crippen molar-refractivity contribution in [2.24, 2.45) is 0 Å². The van der Waals surface area contributed by atoms with Gasteiger partial charge in [-0.2, -0.15) is 0 Å². The summed E-state index contributed by atoms with van der Waals surface area (Å²) in [4.78, 5) is 15.8. The SMILES string of the molecule is Cc1ccc(S(=O)(=O)NC(=O)NCCc2ccccn2)cc1. The second-order valence-electron chi connectivity index (χ2n) is 4.75. The highest BCUT2D eigenvalue weighted by Gasteiger charge is 2.16. The van der Waals surface area contributed by atoms with E-state index in [1.165, 1.54) is 12.1 Å². The molecular weight excluding hydrogens is 302 g/mol. The number of hydrogen-bond donors (Lipinski definition) is 2. The van der Waals surface area contributed by atoms with Crippen molar-refractivity contribution in [1.29, 1.82) is 0 Å². The molecule has 0 saturated heterocycles. The van der Waals surface area contributed by atoms with Crippen molar-refractivity contribution in [2.75, 3.05) is 6.54 Å². The number of amides is 2. The highest BCUT2D eigenvalue weighted by molar-refractivity contribution is 7.90. The van der Waals surface area contributed by atoms with Gasteiger partial charge in [0.15, 0.2) is 0 Å². The number of hydrogen-bond acceptors (Lipinski definition) is 4. The third-order valence-electron chi connectivity index (χ3n) is 2.95. The number of carbonyl (C=O) groups is 1. The van der Waals surface area contributed by atoms with Crippen molar-refractivity contribution in [3.8, 4) is 0 Å².